The number of ether oxygens (including phenoxy) is 1. The van der Waals surface area contributed by atoms with E-state index in [0.717, 1.165) is 17.7 Å². The minimum Gasteiger partial charge on any atom is -0.389 e. The van der Waals surface area contributed by atoms with Crippen LogP contribution >= 0.6 is 0 Å². The van der Waals surface area contributed by atoms with E-state index >= 15 is 0 Å². The average molecular weight is 292 g/mol. The summed E-state index contributed by atoms with van der Waals surface area (Å²) in [6, 6.07) is 7.34. The molecule has 1 aromatic rings. The topological polar surface area (TPSA) is 61.8 Å². The number of nitrogens with one attached hydrogen (secondary N) is 1. The van der Waals surface area contributed by atoms with Crippen molar-refractivity contribution in [2.75, 3.05) is 31.2 Å². The van der Waals surface area contributed by atoms with Crippen molar-refractivity contribution in [1.29, 1.82) is 0 Å². The van der Waals surface area contributed by atoms with Crippen LogP contribution in [0.5, 0.6) is 0 Å². The minimum absolute atomic E-state index is 0.0167. The number of para-hydroxylation sites is 1. The van der Waals surface area contributed by atoms with Gasteiger partial charge in [0.1, 0.15) is 6.04 Å². The Hall–Kier alpha value is -1.59. The Labute approximate surface area is 125 Å². The number of aliphatic hydroxyl groups excluding tert-OH is 1. The van der Waals surface area contributed by atoms with E-state index in [1.807, 2.05) is 36.1 Å². The average Bonchev–Trinajstić information content (AvgIpc) is 2.52. The molecule has 21 heavy (non-hydrogen) atoms. The highest BCUT2D eigenvalue weighted by atomic mass is 16.5. The first-order valence-corrected chi connectivity index (χ1v) is 7.54. The van der Waals surface area contributed by atoms with Crippen molar-refractivity contribution in [1.82, 2.24) is 5.32 Å². The highest BCUT2D eigenvalue weighted by Gasteiger charge is 2.30. The maximum atomic E-state index is 12.3. The molecule has 5 heteroatoms. The highest BCUT2D eigenvalue weighted by Crippen LogP contribution is 2.28. The predicted octanol–water partition coefficient (Wildman–Crippen LogP) is 1.47. The Morgan fingerprint density at radius 1 is 1.52 bits per heavy atom. The lowest BCUT2D eigenvalue weighted by molar-refractivity contribution is -0.124. The molecule has 2 atom stereocenters. The third-order valence-corrected chi connectivity index (χ3v) is 3.68. The first-order chi connectivity index (χ1) is 10.1. The molecule has 1 aliphatic heterocycles. The number of rotatable bonds is 5. The van der Waals surface area contributed by atoms with Crippen LogP contribution in [0.1, 0.15) is 31.9 Å². The quantitative estimate of drug-likeness (QED) is 0.863. The molecule has 2 N–H and O–H groups in total. The molecule has 0 saturated carbocycles. The molecule has 0 bridgehead atoms. The molecule has 0 aliphatic carbocycles. The number of aliphatic hydroxyl groups is 1. The van der Waals surface area contributed by atoms with E-state index in [9.17, 15) is 9.90 Å². The Morgan fingerprint density at radius 2 is 2.29 bits per heavy atom. The van der Waals surface area contributed by atoms with Gasteiger partial charge < -0.3 is 20.1 Å². The van der Waals surface area contributed by atoms with Gasteiger partial charge in [-0.05, 0) is 19.4 Å². The Morgan fingerprint density at radius 3 is 3.00 bits per heavy atom. The lowest BCUT2D eigenvalue weighted by Crippen LogP contribution is -2.54. The third kappa shape index (κ3) is 3.74. The second-order valence-electron chi connectivity index (χ2n) is 5.31. The zero-order valence-corrected chi connectivity index (χ0v) is 12.7. The largest absolute Gasteiger partial charge is 0.389 e. The number of hydrogen-bond donors (Lipinski definition) is 2. The van der Waals surface area contributed by atoms with Crippen molar-refractivity contribution < 1.29 is 14.6 Å². The molecular weight excluding hydrogens is 268 g/mol. The molecule has 0 radical (unpaired) electrons. The van der Waals surface area contributed by atoms with Gasteiger partial charge in [-0.25, -0.2) is 0 Å². The molecular formula is C16H24N2O3. The predicted molar refractivity (Wildman–Crippen MR) is 82.3 cm³/mol. The van der Waals surface area contributed by atoms with Gasteiger partial charge in [-0.2, -0.15) is 0 Å². The molecule has 1 unspecified atom stereocenters. The van der Waals surface area contributed by atoms with E-state index < -0.39 is 6.10 Å². The Balaban J connectivity index is 2.24. The van der Waals surface area contributed by atoms with Gasteiger partial charge in [0, 0.05) is 24.3 Å². The maximum absolute atomic E-state index is 12.3. The molecule has 1 amide bonds. The first kappa shape index (κ1) is 15.8. The van der Waals surface area contributed by atoms with Crippen LogP contribution in [0.2, 0.25) is 0 Å². The highest BCUT2D eigenvalue weighted by molar-refractivity contribution is 5.86. The summed E-state index contributed by atoms with van der Waals surface area (Å²) in [6.07, 6.45) is 0.340. The molecule has 2 rings (SSSR count). The number of carbonyl (C=O) groups excluding carboxylic acids is 1. The maximum Gasteiger partial charge on any atom is 0.245 e. The van der Waals surface area contributed by atoms with Gasteiger partial charge in [0.25, 0.3) is 0 Å². The molecule has 116 valence electrons. The third-order valence-electron chi connectivity index (χ3n) is 3.68. The molecule has 0 aromatic heterocycles. The first-order valence-electron chi connectivity index (χ1n) is 7.54. The normalized spacial score (nSPS) is 20.1. The van der Waals surface area contributed by atoms with E-state index in [4.69, 9.17) is 4.74 Å². The van der Waals surface area contributed by atoms with Crippen molar-refractivity contribution in [3.8, 4) is 0 Å². The van der Waals surface area contributed by atoms with E-state index in [1.165, 1.54) is 0 Å². The summed E-state index contributed by atoms with van der Waals surface area (Å²) in [4.78, 5) is 14.4. The van der Waals surface area contributed by atoms with Crippen LogP contribution < -0.4 is 10.2 Å². The van der Waals surface area contributed by atoms with Crippen molar-refractivity contribution >= 4 is 11.6 Å². The number of benzene rings is 1. The number of hydrogen-bond acceptors (Lipinski definition) is 4. The van der Waals surface area contributed by atoms with Crippen LogP contribution in [-0.4, -0.2) is 43.4 Å². The SMILES string of the molecule is CCCNC(=O)C1COCCN1c1ccccc1[C@@H](C)O. The second kappa shape index (κ2) is 7.43. The Kier molecular flexibility index (Phi) is 5.59. The fourth-order valence-electron chi connectivity index (χ4n) is 2.58. The van der Waals surface area contributed by atoms with Crippen LogP contribution in [0.4, 0.5) is 5.69 Å². The van der Waals surface area contributed by atoms with Gasteiger partial charge in [-0.15, -0.1) is 0 Å². The number of morpholine rings is 1. The molecule has 1 fully saturated rings. The van der Waals surface area contributed by atoms with Gasteiger partial charge in [0.15, 0.2) is 0 Å². The van der Waals surface area contributed by atoms with Crippen LogP contribution in [0.15, 0.2) is 24.3 Å². The van der Waals surface area contributed by atoms with Crippen molar-refractivity contribution in [2.24, 2.45) is 0 Å². The van der Waals surface area contributed by atoms with Gasteiger partial charge in [-0.1, -0.05) is 25.1 Å². The molecule has 1 aromatic carbocycles. The Bertz CT molecular complexity index is 476. The minimum atomic E-state index is -0.566. The summed E-state index contributed by atoms with van der Waals surface area (Å²) in [6.45, 7) is 6.05. The van der Waals surface area contributed by atoms with Gasteiger partial charge in [0.2, 0.25) is 5.91 Å². The van der Waals surface area contributed by atoms with Crippen LogP contribution in [0, 0.1) is 0 Å². The van der Waals surface area contributed by atoms with E-state index in [-0.39, 0.29) is 11.9 Å². The van der Waals surface area contributed by atoms with E-state index in [1.54, 1.807) is 6.92 Å². The molecule has 1 saturated heterocycles. The second-order valence-corrected chi connectivity index (χ2v) is 5.31. The standard InChI is InChI=1S/C16H24N2O3/c1-3-8-17-16(20)15-11-21-10-9-18(15)14-7-5-4-6-13(14)12(2)19/h4-7,12,15,19H,3,8-11H2,1-2H3,(H,17,20)/t12-,15?/m1/s1. The summed E-state index contributed by atoms with van der Waals surface area (Å²) in [5, 5.41) is 12.9. The van der Waals surface area contributed by atoms with Crippen LogP contribution in [-0.2, 0) is 9.53 Å². The van der Waals surface area contributed by atoms with Crippen molar-refractivity contribution in [3.05, 3.63) is 29.8 Å². The summed E-state index contributed by atoms with van der Waals surface area (Å²) >= 11 is 0. The van der Waals surface area contributed by atoms with E-state index in [0.29, 0.717) is 26.3 Å². The van der Waals surface area contributed by atoms with Gasteiger partial charge >= 0.3 is 0 Å². The molecule has 1 aliphatic rings. The number of carbonyl (C=O) groups is 1. The molecule has 1 heterocycles. The monoisotopic (exact) mass is 292 g/mol. The smallest absolute Gasteiger partial charge is 0.245 e. The lowest BCUT2D eigenvalue weighted by atomic mass is 10.0. The fraction of sp³-hybridized carbons (Fsp3) is 0.562. The number of anilines is 1. The van der Waals surface area contributed by atoms with Gasteiger partial charge in [-0.3, -0.25) is 4.79 Å². The number of amides is 1. The van der Waals surface area contributed by atoms with Crippen molar-refractivity contribution in [2.45, 2.75) is 32.4 Å². The summed E-state index contributed by atoms with van der Waals surface area (Å²) < 4.78 is 5.47. The lowest BCUT2D eigenvalue weighted by Gasteiger charge is -2.37. The molecule has 5 nitrogen and oxygen atoms in total. The van der Waals surface area contributed by atoms with Crippen molar-refractivity contribution in [3.63, 3.8) is 0 Å². The molecule has 0 spiro atoms. The summed E-state index contributed by atoms with van der Waals surface area (Å²) in [7, 11) is 0. The van der Waals surface area contributed by atoms with Crippen LogP contribution in [0.25, 0.3) is 0 Å². The zero-order chi connectivity index (χ0) is 15.2. The summed E-state index contributed by atoms with van der Waals surface area (Å²) in [5.74, 6) is -0.0167. The summed E-state index contributed by atoms with van der Waals surface area (Å²) in [5.41, 5.74) is 1.75. The number of nitrogens with zero attached hydrogens (tertiary/aromatic N) is 1. The fourth-order valence-corrected chi connectivity index (χ4v) is 2.58. The van der Waals surface area contributed by atoms with E-state index in [2.05, 4.69) is 5.32 Å². The van der Waals surface area contributed by atoms with Gasteiger partial charge in [0.05, 0.1) is 19.3 Å². The zero-order valence-electron chi connectivity index (χ0n) is 12.7. The van der Waals surface area contributed by atoms with Crippen LogP contribution in [0.3, 0.4) is 0 Å².